The highest BCUT2D eigenvalue weighted by molar-refractivity contribution is 5.80. The summed E-state index contributed by atoms with van der Waals surface area (Å²) >= 11 is 0. The van der Waals surface area contributed by atoms with E-state index in [-0.39, 0.29) is 23.7 Å². The Morgan fingerprint density at radius 3 is 2.61 bits per heavy atom. The second kappa shape index (κ2) is 9.25. The summed E-state index contributed by atoms with van der Waals surface area (Å²) in [5.41, 5.74) is 3.07. The number of carbonyl (C=O) groups excluding carboxylic acids is 1. The lowest BCUT2D eigenvalue weighted by molar-refractivity contribution is -0.125. The van der Waals surface area contributed by atoms with Gasteiger partial charge >= 0.3 is 0 Å². The van der Waals surface area contributed by atoms with Crippen LogP contribution in [-0.4, -0.2) is 29.0 Å². The summed E-state index contributed by atoms with van der Waals surface area (Å²) < 4.78 is 13.2. The molecule has 0 radical (unpaired) electrons. The van der Waals surface area contributed by atoms with E-state index in [0.717, 1.165) is 36.3 Å². The number of hydrogen-bond acceptors (Lipinski definition) is 4. The molecule has 1 fully saturated rings. The molecule has 0 spiro atoms. The summed E-state index contributed by atoms with van der Waals surface area (Å²) in [7, 11) is 0. The van der Waals surface area contributed by atoms with E-state index in [2.05, 4.69) is 51.4 Å². The number of halogens is 1. The number of amides is 1. The minimum absolute atomic E-state index is 0.0346. The van der Waals surface area contributed by atoms with Crippen LogP contribution in [0.3, 0.4) is 0 Å². The monoisotopic (exact) mass is 418 g/mol. The molecule has 0 unspecified atom stereocenters. The van der Waals surface area contributed by atoms with Gasteiger partial charge in [-0.15, -0.1) is 0 Å². The Bertz CT molecular complexity index is 1040. The first-order chi connectivity index (χ1) is 15.0. The third-order valence-corrected chi connectivity index (χ3v) is 5.80. The molecule has 0 saturated carbocycles. The molecular weight excluding hydrogens is 391 g/mol. The lowest BCUT2D eigenvalue weighted by Gasteiger charge is -2.33. The lowest BCUT2D eigenvalue weighted by Crippen LogP contribution is -2.44. The molecule has 1 N–H and O–H groups in total. The maximum absolute atomic E-state index is 13.2. The third-order valence-electron chi connectivity index (χ3n) is 5.80. The summed E-state index contributed by atoms with van der Waals surface area (Å²) in [6.45, 7) is 5.53. The minimum Gasteiger partial charge on any atom is -0.356 e. The van der Waals surface area contributed by atoms with E-state index in [9.17, 15) is 9.18 Å². The number of piperidine rings is 1. The van der Waals surface area contributed by atoms with Crippen molar-refractivity contribution in [1.82, 2.24) is 15.3 Å². The molecule has 4 rings (SSSR count). The summed E-state index contributed by atoms with van der Waals surface area (Å²) in [5, 5.41) is 3.17. The van der Waals surface area contributed by atoms with E-state index in [1.807, 2.05) is 13.0 Å². The number of rotatable bonds is 5. The van der Waals surface area contributed by atoms with Crippen molar-refractivity contribution in [2.75, 3.05) is 18.0 Å². The SMILES string of the molecule is Cc1ccc([C@H](C)NC(=O)[C@@H]2CCCN(c3ccnc(-c4ccc(F)cc4)n3)C2)cc1. The molecule has 1 amide bonds. The predicted octanol–water partition coefficient (Wildman–Crippen LogP) is 4.68. The summed E-state index contributed by atoms with van der Waals surface area (Å²) in [5.74, 6) is 1.04. The second-order valence-electron chi connectivity index (χ2n) is 8.17. The molecule has 6 heteroatoms. The van der Waals surface area contributed by atoms with Crippen LogP contribution in [0, 0.1) is 18.7 Å². The van der Waals surface area contributed by atoms with Crippen molar-refractivity contribution in [3.63, 3.8) is 0 Å². The highest BCUT2D eigenvalue weighted by Gasteiger charge is 2.27. The highest BCUT2D eigenvalue weighted by Crippen LogP contribution is 2.25. The number of nitrogens with one attached hydrogen (secondary N) is 1. The van der Waals surface area contributed by atoms with Crippen LogP contribution in [0.2, 0.25) is 0 Å². The van der Waals surface area contributed by atoms with Crippen molar-refractivity contribution < 1.29 is 9.18 Å². The summed E-state index contributed by atoms with van der Waals surface area (Å²) in [6.07, 6.45) is 3.50. The van der Waals surface area contributed by atoms with Crippen molar-refractivity contribution in [2.24, 2.45) is 5.92 Å². The molecule has 2 atom stereocenters. The van der Waals surface area contributed by atoms with Gasteiger partial charge in [0, 0.05) is 24.8 Å². The van der Waals surface area contributed by atoms with E-state index in [4.69, 9.17) is 0 Å². The maximum Gasteiger partial charge on any atom is 0.225 e. The topological polar surface area (TPSA) is 58.1 Å². The number of anilines is 1. The molecule has 1 saturated heterocycles. The zero-order valence-electron chi connectivity index (χ0n) is 17.9. The van der Waals surface area contributed by atoms with E-state index < -0.39 is 0 Å². The van der Waals surface area contributed by atoms with Crippen LogP contribution in [-0.2, 0) is 4.79 Å². The van der Waals surface area contributed by atoms with Crippen LogP contribution in [0.4, 0.5) is 10.2 Å². The maximum atomic E-state index is 13.2. The Morgan fingerprint density at radius 1 is 1.13 bits per heavy atom. The van der Waals surface area contributed by atoms with E-state index in [1.165, 1.54) is 17.7 Å². The van der Waals surface area contributed by atoms with Gasteiger partial charge in [0.25, 0.3) is 0 Å². The van der Waals surface area contributed by atoms with Crippen molar-refractivity contribution in [2.45, 2.75) is 32.7 Å². The molecule has 31 heavy (non-hydrogen) atoms. The Labute approximate surface area is 182 Å². The van der Waals surface area contributed by atoms with E-state index in [1.54, 1.807) is 18.3 Å². The van der Waals surface area contributed by atoms with Gasteiger partial charge in [0.15, 0.2) is 5.82 Å². The average Bonchev–Trinajstić information content (AvgIpc) is 2.80. The standard InChI is InChI=1S/C25H27FN4O/c1-17-5-7-19(8-6-17)18(2)28-25(31)21-4-3-15-30(16-21)23-13-14-27-24(29-23)20-9-11-22(26)12-10-20/h5-14,18,21H,3-4,15-16H2,1-2H3,(H,28,31)/t18-,21+/m0/s1. The first-order valence-electron chi connectivity index (χ1n) is 10.7. The quantitative estimate of drug-likeness (QED) is 0.653. The molecule has 5 nitrogen and oxygen atoms in total. The van der Waals surface area contributed by atoms with Crippen molar-refractivity contribution in [1.29, 1.82) is 0 Å². The fourth-order valence-electron chi connectivity index (χ4n) is 3.93. The van der Waals surface area contributed by atoms with Crippen LogP contribution in [0.25, 0.3) is 11.4 Å². The Balaban J connectivity index is 1.43. The average molecular weight is 419 g/mol. The van der Waals surface area contributed by atoms with Crippen LogP contribution < -0.4 is 10.2 Å². The van der Waals surface area contributed by atoms with Crippen LogP contribution in [0.5, 0.6) is 0 Å². The highest BCUT2D eigenvalue weighted by atomic mass is 19.1. The van der Waals surface area contributed by atoms with Gasteiger partial charge in [-0.2, -0.15) is 0 Å². The van der Waals surface area contributed by atoms with Gasteiger partial charge in [0.2, 0.25) is 5.91 Å². The van der Waals surface area contributed by atoms with Gasteiger partial charge in [-0.25, -0.2) is 14.4 Å². The molecule has 1 aliphatic heterocycles. The number of carbonyl (C=O) groups is 1. The molecule has 2 aromatic carbocycles. The van der Waals surface area contributed by atoms with Gasteiger partial charge in [-0.1, -0.05) is 29.8 Å². The Hall–Kier alpha value is -3.28. The van der Waals surface area contributed by atoms with E-state index >= 15 is 0 Å². The number of nitrogens with zero attached hydrogens (tertiary/aromatic N) is 3. The molecule has 1 aromatic heterocycles. The Kier molecular flexibility index (Phi) is 6.26. The van der Waals surface area contributed by atoms with Crippen molar-refractivity contribution in [3.05, 3.63) is 77.7 Å². The number of aryl methyl sites for hydroxylation is 1. The summed E-state index contributed by atoms with van der Waals surface area (Å²) in [6, 6.07) is 16.2. The van der Waals surface area contributed by atoms with E-state index in [0.29, 0.717) is 12.4 Å². The van der Waals surface area contributed by atoms with Crippen LogP contribution in [0.1, 0.15) is 36.9 Å². The van der Waals surface area contributed by atoms with Crippen LogP contribution in [0.15, 0.2) is 60.8 Å². The molecule has 0 bridgehead atoms. The van der Waals surface area contributed by atoms with Crippen LogP contribution >= 0.6 is 0 Å². The van der Waals surface area contributed by atoms with Gasteiger partial charge < -0.3 is 10.2 Å². The van der Waals surface area contributed by atoms with Crippen molar-refractivity contribution >= 4 is 11.7 Å². The van der Waals surface area contributed by atoms with Gasteiger partial charge in [0.05, 0.1) is 12.0 Å². The minimum atomic E-state index is -0.287. The first kappa shape index (κ1) is 21.0. The lowest BCUT2D eigenvalue weighted by atomic mass is 9.96. The van der Waals surface area contributed by atoms with Gasteiger partial charge in [-0.05, 0) is 62.6 Å². The second-order valence-corrected chi connectivity index (χ2v) is 8.17. The molecule has 160 valence electrons. The van der Waals surface area contributed by atoms with Gasteiger partial charge in [-0.3, -0.25) is 4.79 Å². The zero-order chi connectivity index (χ0) is 21.8. The fourth-order valence-corrected chi connectivity index (χ4v) is 3.93. The molecule has 1 aliphatic rings. The van der Waals surface area contributed by atoms with Crippen molar-refractivity contribution in [3.8, 4) is 11.4 Å². The molecule has 0 aliphatic carbocycles. The zero-order valence-corrected chi connectivity index (χ0v) is 17.9. The predicted molar refractivity (Wildman–Crippen MR) is 120 cm³/mol. The largest absolute Gasteiger partial charge is 0.356 e. The molecule has 2 heterocycles. The smallest absolute Gasteiger partial charge is 0.225 e. The summed E-state index contributed by atoms with van der Waals surface area (Å²) in [4.78, 5) is 24.1. The van der Waals surface area contributed by atoms with Gasteiger partial charge in [0.1, 0.15) is 11.6 Å². The normalized spacial score (nSPS) is 17.3. The number of benzene rings is 2. The first-order valence-corrected chi connectivity index (χ1v) is 10.7. The molecule has 3 aromatic rings. The third kappa shape index (κ3) is 5.08. The number of hydrogen-bond donors (Lipinski definition) is 1. The molecular formula is C25H27FN4O. The Morgan fingerprint density at radius 2 is 1.87 bits per heavy atom. The fraction of sp³-hybridized carbons (Fsp3) is 0.320. The number of aromatic nitrogens is 2.